The maximum Gasteiger partial charge on any atom is 0.287 e. The van der Waals surface area contributed by atoms with Gasteiger partial charge in [0.2, 0.25) is 0 Å². The van der Waals surface area contributed by atoms with Crippen molar-refractivity contribution in [3.05, 3.63) is 58.3 Å². The van der Waals surface area contributed by atoms with E-state index < -0.39 is 0 Å². The number of aliphatic hydroxyl groups excluding tert-OH is 1. The van der Waals surface area contributed by atoms with Crippen LogP contribution in [0.4, 0.5) is 4.39 Å². The molecular formula is C15H16FNO3. The number of carbonyl (C=O) groups excluding carboxylic acids is 1. The number of benzene rings is 1. The molecule has 0 aliphatic heterocycles. The van der Waals surface area contributed by atoms with E-state index in [0.29, 0.717) is 22.5 Å². The van der Waals surface area contributed by atoms with E-state index in [1.807, 2.05) is 0 Å². The topological polar surface area (TPSA) is 62.5 Å². The monoisotopic (exact) mass is 277 g/mol. The SMILES string of the molecule is Cc1ccc(CNC(=O)c2oc(CO)cc2C)cc1F. The summed E-state index contributed by atoms with van der Waals surface area (Å²) in [6.45, 7) is 3.37. The molecule has 5 heteroatoms. The van der Waals surface area contributed by atoms with Crippen LogP contribution in [0, 0.1) is 19.7 Å². The summed E-state index contributed by atoms with van der Waals surface area (Å²) in [4.78, 5) is 11.9. The summed E-state index contributed by atoms with van der Waals surface area (Å²) in [7, 11) is 0. The van der Waals surface area contributed by atoms with Gasteiger partial charge in [-0.2, -0.15) is 0 Å². The van der Waals surface area contributed by atoms with E-state index in [4.69, 9.17) is 9.52 Å². The molecule has 0 bridgehead atoms. The minimum atomic E-state index is -0.386. The third-order valence-corrected chi connectivity index (χ3v) is 3.02. The van der Waals surface area contributed by atoms with Gasteiger partial charge >= 0.3 is 0 Å². The number of aryl methyl sites for hydroxylation is 2. The number of hydrogen-bond donors (Lipinski definition) is 2. The predicted molar refractivity (Wildman–Crippen MR) is 71.7 cm³/mol. The van der Waals surface area contributed by atoms with Gasteiger partial charge in [-0.15, -0.1) is 0 Å². The molecule has 0 saturated carbocycles. The third-order valence-electron chi connectivity index (χ3n) is 3.02. The molecule has 106 valence electrons. The van der Waals surface area contributed by atoms with Crippen molar-refractivity contribution in [1.29, 1.82) is 0 Å². The molecular weight excluding hydrogens is 261 g/mol. The molecule has 1 amide bonds. The molecule has 2 rings (SSSR count). The van der Waals surface area contributed by atoms with Crippen molar-refractivity contribution < 1.29 is 18.7 Å². The number of amides is 1. The van der Waals surface area contributed by atoms with Gasteiger partial charge in [-0.1, -0.05) is 12.1 Å². The third kappa shape index (κ3) is 3.05. The van der Waals surface area contributed by atoms with E-state index in [1.165, 1.54) is 6.07 Å². The summed E-state index contributed by atoms with van der Waals surface area (Å²) in [6.07, 6.45) is 0. The number of nitrogens with one attached hydrogen (secondary N) is 1. The van der Waals surface area contributed by atoms with Crippen molar-refractivity contribution in [3.63, 3.8) is 0 Å². The Morgan fingerprint density at radius 2 is 2.05 bits per heavy atom. The normalized spacial score (nSPS) is 10.6. The summed E-state index contributed by atoms with van der Waals surface area (Å²) >= 11 is 0. The van der Waals surface area contributed by atoms with Gasteiger partial charge in [0.1, 0.15) is 18.2 Å². The molecule has 4 nitrogen and oxygen atoms in total. The Kier molecular flexibility index (Phi) is 4.20. The van der Waals surface area contributed by atoms with E-state index in [2.05, 4.69) is 5.32 Å². The number of rotatable bonds is 4. The number of hydrogen-bond acceptors (Lipinski definition) is 3. The molecule has 0 unspecified atom stereocenters. The highest BCUT2D eigenvalue weighted by Gasteiger charge is 2.15. The smallest absolute Gasteiger partial charge is 0.287 e. The van der Waals surface area contributed by atoms with Crippen LogP contribution in [-0.2, 0) is 13.2 Å². The lowest BCUT2D eigenvalue weighted by Gasteiger charge is -2.05. The van der Waals surface area contributed by atoms with Gasteiger partial charge in [-0.25, -0.2) is 4.39 Å². The molecule has 2 aromatic rings. The highest BCUT2D eigenvalue weighted by molar-refractivity contribution is 5.92. The van der Waals surface area contributed by atoms with E-state index in [-0.39, 0.29) is 30.6 Å². The fourth-order valence-corrected chi connectivity index (χ4v) is 1.86. The van der Waals surface area contributed by atoms with Gasteiger partial charge in [-0.05, 0) is 37.1 Å². The Labute approximate surface area is 116 Å². The van der Waals surface area contributed by atoms with Crippen LogP contribution in [0.5, 0.6) is 0 Å². The lowest BCUT2D eigenvalue weighted by molar-refractivity contribution is 0.0917. The van der Waals surface area contributed by atoms with Crippen LogP contribution in [-0.4, -0.2) is 11.0 Å². The van der Waals surface area contributed by atoms with Crippen LogP contribution in [0.2, 0.25) is 0 Å². The van der Waals surface area contributed by atoms with E-state index >= 15 is 0 Å². The summed E-state index contributed by atoms with van der Waals surface area (Å²) in [5, 5.41) is 11.6. The van der Waals surface area contributed by atoms with E-state index in [1.54, 1.807) is 32.0 Å². The number of carbonyl (C=O) groups is 1. The number of halogens is 1. The molecule has 0 aliphatic rings. The van der Waals surface area contributed by atoms with Crippen LogP contribution < -0.4 is 5.32 Å². The van der Waals surface area contributed by atoms with Gasteiger partial charge in [0.15, 0.2) is 5.76 Å². The second kappa shape index (κ2) is 5.88. The maximum atomic E-state index is 13.4. The minimum Gasteiger partial charge on any atom is -0.453 e. The summed E-state index contributed by atoms with van der Waals surface area (Å²) < 4.78 is 18.6. The van der Waals surface area contributed by atoms with Gasteiger partial charge in [-0.3, -0.25) is 4.79 Å². The molecule has 0 atom stereocenters. The maximum absolute atomic E-state index is 13.4. The predicted octanol–water partition coefficient (Wildman–Crippen LogP) is 2.46. The largest absolute Gasteiger partial charge is 0.453 e. The zero-order chi connectivity index (χ0) is 14.7. The molecule has 2 N–H and O–H groups in total. The first-order valence-corrected chi connectivity index (χ1v) is 6.24. The lowest BCUT2D eigenvalue weighted by Crippen LogP contribution is -2.23. The quantitative estimate of drug-likeness (QED) is 0.902. The fourth-order valence-electron chi connectivity index (χ4n) is 1.86. The van der Waals surface area contributed by atoms with Crippen LogP contribution in [0.15, 0.2) is 28.7 Å². The lowest BCUT2D eigenvalue weighted by atomic mass is 10.1. The molecule has 0 radical (unpaired) electrons. The summed E-state index contributed by atoms with van der Waals surface area (Å²) in [5.41, 5.74) is 1.89. The van der Waals surface area contributed by atoms with E-state index in [9.17, 15) is 9.18 Å². The van der Waals surface area contributed by atoms with Gasteiger partial charge in [0, 0.05) is 12.1 Å². The Morgan fingerprint density at radius 1 is 1.30 bits per heavy atom. The first kappa shape index (κ1) is 14.3. The highest BCUT2D eigenvalue weighted by atomic mass is 19.1. The van der Waals surface area contributed by atoms with Gasteiger partial charge < -0.3 is 14.8 Å². The average Bonchev–Trinajstić information content (AvgIpc) is 2.81. The first-order valence-electron chi connectivity index (χ1n) is 6.24. The van der Waals surface area contributed by atoms with Crippen LogP contribution in [0.25, 0.3) is 0 Å². The zero-order valence-electron chi connectivity index (χ0n) is 11.4. The Bertz CT molecular complexity index is 634. The average molecular weight is 277 g/mol. The van der Waals surface area contributed by atoms with Crippen molar-refractivity contribution in [3.8, 4) is 0 Å². The molecule has 0 fully saturated rings. The number of furan rings is 1. The molecule has 1 heterocycles. The fraction of sp³-hybridized carbons (Fsp3) is 0.267. The second-order valence-electron chi connectivity index (χ2n) is 4.65. The van der Waals surface area contributed by atoms with Crippen molar-refractivity contribution in [2.24, 2.45) is 0 Å². The molecule has 0 spiro atoms. The van der Waals surface area contributed by atoms with Crippen LogP contribution >= 0.6 is 0 Å². The van der Waals surface area contributed by atoms with Crippen molar-refractivity contribution >= 4 is 5.91 Å². The molecule has 0 saturated heterocycles. The van der Waals surface area contributed by atoms with Gasteiger partial charge in [0.25, 0.3) is 5.91 Å². The summed E-state index contributed by atoms with van der Waals surface area (Å²) in [5.74, 6) is -0.174. The van der Waals surface area contributed by atoms with E-state index in [0.717, 1.165) is 0 Å². The molecule has 0 aliphatic carbocycles. The number of aliphatic hydroxyl groups is 1. The minimum absolute atomic E-state index is 0.168. The van der Waals surface area contributed by atoms with Gasteiger partial charge in [0.05, 0.1) is 0 Å². The molecule has 20 heavy (non-hydrogen) atoms. The second-order valence-corrected chi connectivity index (χ2v) is 4.65. The Morgan fingerprint density at radius 3 is 2.65 bits per heavy atom. The van der Waals surface area contributed by atoms with Crippen molar-refractivity contribution in [2.45, 2.75) is 27.0 Å². The van der Waals surface area contributed by atoms with Crippen LogP contribution in [0.1, 0.15) is 33.0 Å². The first-order chi connectivity index (χ1) is 9.51. The van der Waals surface area contributed by atoms with Crippen molar-refractivity contribution in [2.75, 3.05) is 0 Å². The van der Waals surface area contributed by atoms with Crippen LogP contribution in [0.3, 0.4) is 0 Å². The van der Waals surface area contributed by atoms with Crippen molar-refractivity contribution in [1.82, 2.24) is 5.32 Å². The summed E-state index contributed by atoms with van der Waals surface area (Å²) in [6, 6.07) is 6.43. The highest BCUT2D eigenvalue weighted by Crippen LogP contribution is 2.15. The molecule has 1 aromatic heterocycles. The Hall–Kier alpha value is -2.14. The standard InChI is InChI=1S/C15H16FNO3/c1-9-3-4-11(6-13(9)16)7-17-15(19)14-10(2)5-12(8-18)20-14/h3-6,18H,7-8H2,1-2H3,(H,17,19). The Balaban J connectivity index is 2.04. The molecule has 1 aromatic carbocycles. The zero-order valence-corrected chi connectivity index (χ0v) is 11.4.